The predicted octanol–water partition coefficient (Wildman–Crippen LogP) is 4.25. The first-order valence-electron chi connectivity index (χ1n) is 9.67. The minimum atomic E-state index is -0.287. The number of ketones is 1. The van der Waals surface area contributed by atoms with Crippen LogP contribution in [0.4, 0.5) is 5.69 Å². The molecule has 3 aromatic rings. The van der Waals surface area contributed by atoms with Crippen LogP contribution < -0.4 is 5.32 Å². The van der Waals surface area contributed by atoms with Crippen molar-refractivity contribution >= 4 is 23.3 Å². The maximum absolute atomic E-state index is 12.7. The lowest BCUT2D eigenvalue weighted by Gasteiger charge is -2.18. The summed E-state index contributed by atoms with van der Waals surface area (Å²) in [5.74, 6) is -0.656. The molecule has 5 nitrogen and oxygen atoms in total. The van der Waals surface area contributed by atoms with Crippen molar-refractivity contribution in [3.05, 3.63) is 101 Å². The van der Waals surface area contributed by atoms with Crippen molar-refractivity contribution in [2.75, 3.05) is 18.9 Å². The molecule has 5 heteroatoms. The van der Waals surface area contributed by atoms with Gasteiger partial charge in [-0.1, -0.05) is 54.6 Å². The molecule has 0 heterocycles. The number of amides is 2. The smallest absolute Gasteiger partial charge is 0.254 e. The number of anilines is 1. The van der Waals surface area contributed by atoms with E-state index in [1.165, 1.54) is 4.90 Å². The number of rotatable bonds is 6. The molecule has 0 aliphatic heterocycles. The highest BCUT2D eigenvalue weighted by Crippen LogP contribution is 2.16. The number of carbonyl (C=O) groups excluding carboxylic acids is 3. The van der Waals surface area contributed by atoms with Gasteiger partial charge >= 0.3 is 0 Å². The molecule has 0 bridgehead atoms. The van der Waals surface area contributed by atoms with Gasteiger partial charge in [0.1, 0.15) is 0 Å². The molecule has 0 saturated heterocycles. The molecule has 0 aromatic heterocycles. The van der Waals surface area contributed by atoms with Gasteiger partial charge in [-0.05, 0) is 43.2 Å². The summed E-state index contributed by atoms with van der Waals surface area (Å²) in [7, 11) is 1.58. The summed E-state index contributed by atoms with van der Waals surface area (Å²) < 4.78 is 0. The van der Waals surface area contributed by atoms with E-state index >= 15 is 0 Å². The number of hydrogen-bond donors (Lipinski definition) is 1. The zero-order valence-corrected chi connectivity index (χ0v) is 17.3. The summed E-state index contributed by atoms with van der Waals surface area (Å²) in [4.78, 5) is 38.9. The standard InChI is InChI=1S/C25H24N2O3/c1-17-9-10-18(2)22(15-17)26-23(28)16-27(3)25(30)21-13-11-20(12-14-21)24(29)19-7-5-4-6-8-19/h4-15H,16H2,1-3H3,(H,26,28). The highest BCUT2D eigenvalue weighted by atomic mass is 16.2. The van der Waals surface area contributed by atoms with E-state index in [9.17, 15) is 14.4 Å². The van der Waals surface area contributed by atoms with E-state index in [-0.39, 0.29) is 24.1 Å². The van der Waals surface area contributed by atoms with E-state index in [0.717, 1.165) is 16.8 Å². The van der Waals surface area contributed by atoms with E-state index in [1.807, 2.05) is 50.2 Å². The van der Waals surface area contributed by atoms with Crippen LogP contribution in [0.15, 0.2) is 72.8 Å². The molecule has 0 aliphatic carbocycles. The molecule has 1 N–H and O–H groups in total. The Morgan fingerprint density at radius 2 is 1.40 bits per heavy atom. The maximum Gasteiger partial charge on any atom is 0.254 e. The average molecular weight is 400 g/mol. The van der Waals surface area contributed by atoms with Crippen molar-refractivity contribution in [1.29, 1.82) is 0 Å². The second kappa shape index (κ2) is 9.18. The largest absolute Gasteiger partial charge is 0.332 e. The summed E-state index contributed by atoms with van der Waals surface area (Å²) in [6, 6.07) is 21.3. The van der Waals surface area contributed by atoms with Gasteiger partial charge in [0.15, 0.2) is 5.78 Å². The molecule has 152 valence electrons. The maximum atomic E-state index is 12.7. The van der Waals surface area contributed by atoms with Gasteiger partial charge in [0.25, 0.3) is 5.91 Å². The van der Waals surface area contributed by atoms with Crippen LogP contribution in [0.1, 0.15) is 37.4 Å². The zero-order chi connectivity index (χ0) is 21.7. The average Bonchev–Trinajstić information content (AvgIpc) is 2.76. The number of hydrogen-bond acceptors (Lipinski definition) is 3. The van der Waals surface area contributed by atoms with Crippen LogP contribution >= 0.6 is 0 Å². The molecule has 30 heavy (non-hydrogen) atoms. The van der Waals surface area contributed by atoms with Crippen LogP contribution in [0.2, 0.25) is 0 Å². The lowest BCUT2D eigenvalue weighted by atomic mass is 10.0. The number of nitrogens with one attached hydrogen (secondary N) is 1. The fourth-order valence-corrected chi connectivity index (χ4v) is 3.09. The van der Waals surface area contributed by atoms with Gasteiger partial charge in [0.05, 0.1) is 6.54 Å². The van der Waals surface area contributed by atoms with Gasteiger partial charge < -0.3 is 10.2 Å². The third kappa shape index (κ3) is 5.00. The van der Waals surface area contributed by atoms with Gasteiger partial charge in [-0.2, -0.15) is 0 Å². The lowest BCUT2D eigenvalue weighted by molar-refractivity contribution is -0.116. The van der Waals surface area contributed by atoms with E-state index in [0.29, 0.717) is 16.7 Å². The minimum Gasteiger partial charge on any atom is -0.332 e. The predicted molar refractivity (Wildman–Crippen MR) is 118 cm³/mol. The van der Waals surface area contributed by atoms with E-state index in [1.54, 1.807) is 43.4 Å². The third-order valence-corrected chi connectivity index (χ3v) is 4.82. The van der Waals surface area contributed by atoms with Crippen molar-refractivity contribution < 1.29 is 14.4 Å². The summed E-state index contributed by atoms with van der Waals surface area (Å²) in [5.41, 5.74) is 4.27. The molecule has 3 aromatic carbocycles. The van der Waals surface area contributed by atoms with Crippen molar-refractivity contribution in [3.8, 4) is 0 Å². The molecular formula is C25H24N2O3. The zero-order valence-electron chi connectivity index (χ0n) is 17.3. The number of nitrogens with zero attached hydrogens (tertiary/aromatic N) is 1. The van der Waals surface area contributed by atoms with Crippen LogP contribution in [0.5, 0.6) is 0 Å². The van der Waals surface area contributed by atoms with Crippen molar-refractivity contribution in [2.45, 2.75) is 13.8 Å². The molecule has 0 unspecified atom stereocenters. The Labute approximate surface area is 176 Å². The molecule has 0 aliphatic rings. The molecule has 0 radical (unpaired) electrons. The summed E-state index contributed by atoms with van der Waals surface area (Å²) >= 11 is 0. The molecule has 0 spiro atoms. The molecule has 0 saturated carbocycles. The van der Waals surface area contributed by atoms with Crippen LogP contribution in [-0.4, -0.2) is 36.1 Å². The Hall–Kier alpha value is -3.73. The summed E-state index contributed by atoms with van der Waals surface area (Å²) in [6.45, 7) is 3.80. The first-order chi connectivity index (χ1) is 14.3. The van der Waals surface area contributed by atoms with Crippen LogP contribution in [0.25, 0.3) is 0 Å². The van der Waals surface area contributed by atoms with E-state index in [2.05, 4.69) is 5.32 Å². The van der Waals surface area contributed by atoms with Gasteiger partial charge in [-0.3, -0.25) is 14.4 Å². The highest BCUT2D eigenvalue weighted by Gasteiger charge is 2.16. The molecule has 0 atom stereocenters. The number of carbonyl (C=O) groups is 3. The fraction of sp³-hybridized carbons (Fsp3) is 0.160. The monoisotopic (exact) mass is 400 g/mol. The summed E-state index contributed by atoms with van der Waals surface area (Å²) in [5, 5.41) is 2.85. The Morgan fingerprint density at radius 1 is 0.800 bits per heavy atom. The Balaban J connectivity index is 1.63. The van der Waals surface area contributed by atoms with E-state index < -0.39 is 0 Å². The summed E-state index contributed by atoms with van der Waals surface area (Å²) in [6.07, 6.45) is 0. The second-order valence-electron chi connectivity index (χ2n) is 7.30. The lowest BCUT2D eigenvalue weighted by Crippen LogP contribution is -2.35. The first-order valence-corrected chi connectivity index (χ1v) is 9.67. The van der Waals surface area contributed by atoms with Crippen molar-refractivity contribution in [3.63, 3.8) is 0 Å². The van der Waals surface area contributed by atoms with Gasteiger partial charge in [0, 0.05) is 29.4 Å². The van der Waals surface area contributed by atoms with Crippen molar-refractivity contribution in [1.82, 2.24) is 4.90 Å². The first kappa shape index (κ1) is 21.0. The highest BCUT2D eigenvalue weighted by molar-refractivity contribution is 6.09. The molecule has 2 amide bonds. The number of likely N-dealkylation sites (N-methyl/N-ethyl adjacent to an activating group) is 1. The Bertz CT molecular complexity index is 1070. The third-order valence-electron chi connectivity index (χ3n) is 4.82. The quantitative estimate of drug-likeness (QED) is 0.629. The number of aryl methyl sites for hydroxylation is 2. The van der Waals surface area contributed by atoms with Crippen molar-refractivity contribution in [2.24, 2.45) is 0 Å². The second-order valence-corrected chi connectivity index (χ2v) is 7.30. The van der Waals surface area contributed by atoms with E-state index in [4.69, 9.17) is 0 Å². The normalized spacial score (nSPS) is 10.4. The number of benzene rings is 3. The molecule has 0 fully saturated rings. The Morgan fingerprint density at radius 3 is 2.07 bits per heavy atom. The van der Waals surface area contributed by atoms with Gasteiger partial charge in [0.2, 0.25) is 5.91 Å². The SMILES string of the molecule is Cc1ccc(C)c(NC(=O)CN(C)C(=O)c2ccc(C(=O)c3ccccc3)cc2)c1. The molecule has 3 rings (SSSR count). The fourth-order valence-electron chi connectivity index (χ4n) is 3.09. The van der Waals surface area contributed by atoms with Gasteiger partial charge in [-0.15, -0.1) is 0 Å². The Kier molecular flexibility index (Phi) is 6.42. The minimum absolute atomic E-state index is 0.0725. The topological polar surface area (TPSA) is 66.5 Å². The van der Waals surface area contributed by atoms with Crippen LogP contribution in [0.3, 0.4) is 0 Å². The van der Waals surface area contributed by atoms with Crippen LogP contribution in [0, 0.1) is 13.8 Å². The molecular weight excluding hydrogens is 376 g/mol. The van der Waals surface area contributed by atoms with Gasteiger partial charge in [-0.25, -0.2) is 0 Å². The van der Waals surface area contributed by atoms with Crippen LogP contribution in [-0.2, 0) is 4.79 Å².